The van der Waals surface area contributed by atoms with Gasteiger partial charge in [0.2, 0.25) is 0 Å². The van der Waals surface area contributed by atoms with Gasteiger partial charge in [-0.15, -0.1) is 0 Å². The number of para-hydroxylation sites is 2. The lowest BCUT2D eigenvalue weighted by molar-refractivity contribution is -0.142. The number of fused-ring (bicyclic) bond motifs is 1. The first kappa shape index (κ1) is 20.6. The minimum atomic E-state index is -0.551. The van der Waals surface area contributed by atoms with Crippen molar-refractivity contribution in [2.45, 2.75) is 26.7 Å². The van der Waals surface area contributed by atoms with Gasteiger partial charge in [0.15, 0.2) is 6.61 Å². The van der Waals surface area contributed by atoms with Crippen molar-refractivity contribution < 1.29 is 14.3 Å². The highest BCUT2D eigenvalue weighted by Gasteiger charge is 2.22. The van der Waals surface area contributed by atoms with Crippen LogP contribution in [0.3, 0.4) is 0 Å². The lowest BCUT2D eigenvalue weighted by Crippen LogP contribution is -2.38. The second-order valence-corrected chi connectivity index (χ2v) is 7.55. The minimum Gasteiger partial charge on any atom is -0.452 e. The van der Waals surface area contributed by atoms with E-state index in [0.717, 1.165) is 46.7 Å². The summed E-state index contributed by atoms with van der Waals surface area (Å²) in [6.07, 6.45) is 4.91. The summed E-state index contributed by atoms with van der Waals surface area (Å²) >= 11 is 0. The van der Waals surface area contributed by atoms with E-state index in [1.54, 1.807) is 11.0 Å². The molecule has 0 atom stereocenters. The molecule has 0 saturated carbocycles. The number of carbonyl (C=O) groups excluding carboxylic acids is 2. The van der Waals surface area contributed by atoms with E-state index in [9.17, 15) is 9.59 Å². The van der Waals surface area contributed by atoms with Crippen molar-refractivity contribution in [2.24, 2.45) is 0 Å². The molecule has 1 amide bonds. The van der Waals surface area contributed by atoms with Gasteiger partial charge in [-0.05, 0) is 56.5 Å². The third-order valence-electron chi connectivity index (χ3n) is 5.48. The number of aromatic nitrogens is 2. The Kier molecular flexibility index (Phi) is 5.98. The highest BCUT2D eigenvalue weighted by atomic mass is 16.5. The van der Waals surface area contributed by atoms with Crippen molar-refractivity contribution in [3.05, 3.63) is 83.2 Å². The van der Waals surface area contributed by atoms with Crippen molar-refractivity contribution in [3.63, 3.8) is 0 Å². The van der Waals surface area contributed by atoms with E-state index in [0.29, 0.717) is 6.54 Å². The summed E-state index contributed by atoms with van der Waals surface area (Å²) < 4.78 is 7.07. The normalized spacial score (nSPS) is 13.3. The van der Waals surface area contributed by atoms with Crippen molar-refractivity contribution in [3.8, 4) is 5.69 Å². The predicted octanol–water partition coefficient (Wildman–Crippen LogP) is 4.02. The van der Waals surface area contributed by atoms with Gasteiger partial charge in [0.05, 0.1) is 11.4 Å². The zero-order valence-corrected chi connectivity index (χ0v) is 17.7. The van der Waals surface area contributed by atoms with Gasteiger partial charge in [0.1, 0.15) is 0 Å². The van der Waals surface area contributed by atoms with Crippen LogP contribution >= 0.6 is 0 Å². The quantitative estimate of drug-likeness (QED) is 0.466. The van der Waals surface area contributed by atoms with Gasteiger partial charge in [0.25, 0.3) is 5.91 Å². The molecule has 0 N–H and O–H groups in total. The fourth-order valence-corrected chi connectivity index (χ4v) is 3.92. The largest absolute Gasteiger partial charge is 0.452 e. The number of hydrogen-bond acceptors (Lipinski definition) is 4. The first-order chi connectivity index (χ1) is 15.0. The number of aryl methyl sites for hydroxylation is 2. The number of hydrogen-bond donors (Lipinski definition) is 0. The molecular formula is C25H25N3O3. The van der Waals surface area contributed by atoms with Gasteiger partial charge < -0.3 is 9.64 Å². The summed E-state index contributed by atoms with van der Waals surface area (Å²) in [4.78, 5) is 26.6. The maximum atomic E-state index is 12.6. The fourth-order valence-electron chi connectivity index (χ4n) is 3.92. The molecule has 6 nitrogen and oxygen atoms in total. The van der Waals surface area contributed by atoms with Gasteiger partial charge in [-0.1, -0.05) is 36.4 Å². The average Bonchev–Trinajstić information content (AvgIpc) is 3.09. The van der Waals surface area contributed by atoms with Crippen molar-refractivity contribution in [2.75, 3.05) is 18.1 Å². The Morgan fingerprint density at radius 1 is 1.06 bits per heavy atom. The molecule has 2 heterocycles. The van der Waals surface area contributed by atoms with E-state index in [4.69, 9.17) is 4.74 Å². The summed E-state index contributed by atoms with van der Waals surface area (Å²) in [5.41, 5.74) is 5.61. The number of amides is 1. The monoisotopic (exact) mass is 415 g/mol. The molecule has 158 valence electrons. The van der Waals surface area contributed by atoms with Crippen LogP contribution in [0.25, 0.3) is 11.8 Å². The molecule has 1 aliphatic heterocycles. The molecule has 0 aliphatic carbocycles. The Labute approximate surface area is 181 Å². The van der Waals surface area contributed by atoms with E-state index < -0.39 is 5.97 Å². The van der Waals surface area contributed by atoms with E-state index in [1.165, 1.54) is 6.08 Å². The van der Waals surface area contributed by atoms with Crippen LogP contribution in [0.1, 0.15) is 28.9 Å². The number of carbonyl (C=O) groups is 2. The summed E-state index contributed by atoms with van der Waals surface area (Å²) in [5.74, 6) is -0.761. The maximum absolute atomic E-state index is 12.6. The molecule has 0 saturated heterocycles. The number of anilines is 1. The van der Waals surface area contributed by atoms with Gasteiger partial charge >= 0.3 is 5.97 Å². The second kappa shape index (κ2) is 9.00. The first-order valence-corrected chi connectivity index (χ1v) is 10.4. The van der Waals surface area contributed by atoms with Gasteiger partial charge in [-0.3, -0.25) is 4.79 Å². The standard InChI is InChI=1S/C25H25N3O3/c1-18-22(19(2)28(26-18)21-11-4-3-5-12-21)14-15-25(30)31-17-24(29)27-16-8-10-20-9-6-7-13-23(20)27/h3-7,9,11-15H,8,10,16-17H2,1-2H3. The highest BCUT2D eigenvalue weighted by molar-refractivity contribution is 5.97. The molecule has 0 radical (unpaired) electrons. The molecule has 1 aromatic heterocycles. The lowest BCUT2D eigenvalue weighted by atomic mass is 10.0. The molecule has 31 heavy (non-hydrogen) atoms. The van der Waals surface area contributed by atoms with E-state index in [2.05, 4.69) is 5.10 Å². The Bertz CT molecular complexity index is 1130. The predicted molar refractivity (Wildman–Crippen MR) is 120 cm³/mol. The smallest absolute Gasteiger partial charge is 0.331 e. The van der Waals surface area contributed by atoms with Crippen LogP contribution in [-0.4, -0.2) is 34.8 Å². The molecule has 4 rings (SSSR count). The van der Waals surface area contributed by atoms with Crippen molar-refractivity contribution in [1.82, 2.24) is 9.78 Å². The van der Waals surface area contributed by atoms with Crippen LogP contribution in [-0.2, 0) is 20.7 Å². The van der Waals surface area contributed by atoms with Crippen molar-refractivity contribution >= 4 is 23.6 Å². The molecule has 2 aromatic carbocycles. The zero-order valence-electron chi connectivity index (χ0n) is 17.7. The zero-order chi connectivity index (χ0) is 21.8. The van der Waals surface area contributed by atoms with Crippen LogP contribution in [0.2, 0.25) is 0 Å². The molecule has 0 fully saturated rings. The van der Waals surface area contributed by atoms with Crippen LogP contribution in [0.4, 0.5) is 5.69 Å². The molecule has 0 unspecified atom stereocenters. The maximum Gasteiger partial charge on any atom is 0.331 e. The topological polar surface area (TPSA) is 64.4 Å². The summed E-state index contributed by atoms with van der Waals surface area (Å²) in [6, 6.07) is 17.7. The number of rotatable bonds is 5. The average molecular weight is 415 g/mol. The Hall–Kier alpha value is -3.67. The third-order valence-corrected chi connectivity index (χ3v) is 5.48. The van der Waals surface area contributed by atoms with E-state index in [-0.39, 0.29) is 12.5 Å². The number of esters is 1. The summed E-state index contributed by atoms with van der Waals surface area (Å²) in [5, 5.41) is 4.57. The van der Waals surface area contributed by atoms with E-state index in [1.807, 2.05) is 73.1 Å². The number of ether oxygens (including phenoxy) is 1. The molecule has 6 heteroatoms. The first-order valence-electron chi connectivity index (χ1n) is 10.4. The summed E-state index contributed by atoms with van der Waals surface area (Å²) in [6.45, 7) is 4.21. The highest BCUT2D eigenvalue weighted by Crippen LogP contribution is 2.26. The SMILES string of the molecule is Cc1nn(-c2ccccc2)c(C)c1C=CC(=O)OCC(=O)N1CCCc2ccccc21. The van der Waals surface area contributed by atoms with Gasteiger partial charge in [-0.25, -0.2) is 9.48 Å². The Balaban J connectivity index is 1.40. The molecule has 1 aliphatic rings. The lowest BCUT2D eigenvalue weighted by Gasteiger charge is -2.29. The van der Waals surface area contributed by atoms with Crippen LogP contribution in [0.15, 0.2) is 60.7 Å². The second-order valence-electron chi connectivity index (χ2n) is 7.55. The van der Waals surface area contributed by atoms with Crippen LogP contribution in [0, 0.1) is 13.8 Å². The molecule has 0 bridgehead atoms. The van der Waals surface area contributed by atoms with Gasteiger partial charge in [-0.2, -0.15) is 5.10 Å². The molecule has 3 aromatic rings. The Morgan fingerprint density at radius 2 is 1.81 bits per heavy atom. The van der Waals surface area contributed by atoms with Crippen molar-refractivity contribution in [1.29, 1.82) is 0 Å². The fraction of sp³-hybridized carbons (Fsp3) is 0.240. The number of benzene rings is 2. The van der Waals surface area contributed by atoms with E-state index >= 15 is 0 Å². The van der Waals surface area contributed by atoms with Crippen LogP contribution < -0.4 is 4.90 Å². The van der Waals surface area contributed by atoms with Crippen LogP contribution in [0.5, 0.6) is 0 Å². The Morgan fingerprint density at radius 3 is 2.61 bits per heavy atom. The minimum absolute atomic E-state index is 0.210. The van der Waals surface area contributed by atoms with Gasteiger partial charge in [0, 0.05) is 29.6 Å². The molecule has 0 spiro atoms. The number of nitrogens with zero attached hydrogens (tertiary/aromatic N) is 3. The third kappa shape index (κ3) is 4.43. The summed E-state index contributed by atoms with van der Waals surface area (Å²) in [7, 11) is 0. The molecular weight excluding hydrogens is 390 g/mol.